The Labute approximate surface area is 209 Å². The molecule has 1 saturated carbocycles. The van der Waals surface area contributed by atoms with Crippen molar-refractivity contribution in [2.45, 2.75) is 43.7 Å². The van der Waals surface area contributed by atoms with E-state index in [1.54, 1.807) is 4.90 Å². The van der Waals surface area contributed by atoms with Crippen molar-refractivity contribution in [3.8, 4) is 17.2 Å². The second-order valence-corrected chi connectivity index (χ2v) is 9.92. The van der Waals surface area contributed by atoms with Crippen LogP contribution in [0.5, 0.6) is 17.2 Å². The Balaban J connectivity index is 1.27. The first-order valence-electron chi connectivity index (χ1n) is 12.5. The zero-order valence-corrected chi connectivity index (χ0v) is 19.8. The maximum absolute atomic E-state index is 14.3. The Morgan fingerprint density at radius 2 is 1.67 bits per heavy atom. The molecule has 1 atom stereocenters. The predicted molar refractivity (Wildman–Crippen MR) is 133 cm³/mol. The van der Waals surface area contributed by atoms with E-state index in [0.717, 1.165) is 48.1 Å². The van der Waals surface area contributed by atoms with E-state index in [-0.39, 0.29) is 31.3 Å². The minimum Gasteiger partial charge on any atom is -0.491 e. The van der Waals surface area contributed by atoms with Crippen LogP contribution in [0.3, 0.4) is 0 Å². The van der Waals surface area contributed by atoms with Gasteiger partial charge in [0.2, 0.25) is 12.7 Å². The molecule has 4 aliphatic rings. The number of carbonyl (C=O) groups is 2. The third-order valence-corrected chi connectivity index (χ3v) is 7.92. The van der Waals surface area contributed by atoms with Gasteiger partial charge in [0, 0.05) is 28.9 Å². The standard InChI is InChI=1S/C29H26N2O5/c32-27(30-19-8-2-3-9-19)20-10-4-1-7-18(20)15-31-23-12-6-5-11-21(23)29(28(31)33)16-34-24-14-26-25(13-22(24)29)35-17-36-26/h1,4-7,10-14,19H,2-3,8-9,15-17H2,(H,30,32). The zero-order valence-electron chi connectivity index (χ0n) is 19.8. The highest BCUT2D eigenvalue weighted by molar-refractivity contribution is 6.11. The van der Waals surface area contributed by atoms with Crippen LogP contribution in [0.2, 0.25) is 0 Å². The van der Waals surface area contributed by atoms with Gasteiger partial charge in [-0.15, -0.1) is 0 Å². The maximum Gasteiger partial charge on any atom is 0.251 e. The Bertz CT molecular complexity index is 1400. The molecule has 3 aromatic carbocycles. The van der Waals surface area contributed by atoms with E-state index in [9.17, 15) is 9.59 Å². The summed E-state index contributed by atoms with van der Waals surface area (Å²) < 4.78 is 17.2. The van der Waals surface area contributed by atoms with Gasteiger partial charge in [-0.25, -0.2) is 0 Å². The molecule has 182 valence electrons. The number of anilines is 1. The molecular weight excluding hydrogens is 456 g/mol. The highest BCUT2D eigenvalue weighted by Crippen LogP contribution is 2.55. The molecule has 2 amide bonds. The average Bonchev–Trinajstić information content (AvgIpc) is 3.69. The first kappa shape index (κ1) is 21.3. The molecular formula is C29H26N2O5. The quantitative estimate of drug-likeness (QED) is 0.600. The summed E-state index contributed by atoms with van der Waals surface area (Å²) in [6, 6.07) is 19.3. The fourth-order valence-corrected chi connectivity index (χ4v) is 6.10. The van der Waals surface area contributed by atoms with Gasteiger partial charge in [0.15, 0.2) is 11.5 Å². The molecule has 7 rings (SSSR count). The van der Waals surface area contributed by atoms with Crippen molar-refractivity contribution in [1.82, 2.24) is 5.32 Å². The SMILES string of the molecule is O=C(NC1CCCC1)c1ccccc1CN1C(=O)C2(COc3cc4c(cc32)OCO4)c2ccccc21. The van der Waals surface area contributed by atoms with Crippen molar-refractivity contribution < 1.29 is 23.8 Å². The van der Waals surface area contributed by atoms with Crippen LogP contribution in [0.1, 0.15) is 52.7 Å². The van der Waals surface area contributed by atoms with Crippen LogP contribution in [0, 0.1) is 0 Å². The Kier molecular flexibility index (Phi) is 4.74. The molecule has 0 aromatic heterocycles. The van der Waals surface area contributed by atoms with Crippen LogP contribution in [-0.4, -0.2) is 31.3 Å². The lowest BCUT2D eigenvalue weighted by Gasteiger charge is -2.24. The van der Waals surface area contributed by atoms with Crippen LogP contribution in [-0.2, 0) is 16.8 Å². The summed E-state index contributed by atoms with van der Waals surface area (Å²) in [6.45, 7) is 0.661. The van der Waals surface area contributed by atoms with Gasteiger partial charge in [0.1, 0.15) is 17.8 Å². The number of hydrogen-bond donors (Lipinski definition) is 1. The summed E-state index contributed by atoms with van der Waals surface area (Å²) in [7, 11) is 0. The molecule has 3 aliphatic heterocycles. The van der Waals surface area contributed by atoms with Crippen molar-refractivity contribution in [1.29, 1.82) is 0 Å². The third kappa shape index (κ3) is 3.05. The van der Waals surface area contributed by atoms with Crippen LogP contribution in [0.4, 0.5) is 5.69 Å². The minimum atomic E-state index is -0.964. The van der Waals surface area contributed by atoms with Crippen molar-refractivity contribution in [3.63, 3.8) is 0 Å². The summed E-state index contributed by atoms with van der Waals surface area (Å²) in [5.74, 6) is 1.75. The van der Waals surface area contributed by atoms with Crippen LogP contribution in [0.25, 0.3) is 0 Å². The summed E-state index contributed by atoms with van der Waals surface area (Å²) in [5.41, 5.74) is 3.00. The van der Waals surface area contributed by atoms with E-state index in [2.05, 4.69) is 5.32 Å². The monoisotopic (exact) mass is 482 g/mol. The average molecular weight is 483 g/mol. The smallest absolute Gasteiger partial charge is 0.251 e. The number of nitrogens with zero attached hydrogens (tertiary/aromatic N) is 1. The fraction of sp³-hybridized carbons (Fsp3) is 0.310. The van der Waals surface area contributed by atoms with Crippen LogP contribution in [0.15, 0.2) is 60.7 Å². The molecule has 1 fully saturated rings. The fourth-order valence-electron chi connectivity index (χ4n) is 6.10. The molecule has 1 N–H and O–H groups in total. The molecule has 0 radical (unpaired) electrons. The molecule has 7 heteroatoms. The summed E-state index contributed by atoms with van der Waals surface area (Å²) >= 11 is 0. The summed E-state index contributed by atoms with van der Waals surface area (Å²) in [4.78, 5) is 29.3. The molecule has 1 aliphatic carbocycles. The number of rotatable bonds is 4. The Hall–Kier alpha value is -4.00. The van der Waals surface area contributed by atoms with Gasteiger partial charge in [-0.2, -0.15) is 0 Å². The first-order chi connectivity index (χ1) is 17.6. The molecule has 0 saturated heterocycles. The van der Waals surface area contributed by atoms with Crippen molar-refractivity contribution >= 4 is 17.5 Å². The highest BCUT2D eigenvalue weighted by Gasteiger charge is 2.57. The van der Waals surface area contributed by atoms with Crippen molar-refractivity contribution in [3.05, 3.63) is 82.9 Å². The van der Waals surface area contributed by atoms with Gasteiger partial charge in [0.05, 0.1) is 6.54 Å². The number of amides is 2. The molecule has 3 aromatic rings. The van der Waals surface area contributed by atoms with Gasteiger partial charge >= 0.3 is 0 Å². The van der Waals surface area contributed by atoms with Gasteiger partial charge < -0.3 is 24.4 Å². The number of para-hydroxylation sites is 1. The van der Waals surface area contributed by atoms with E-state index >= 15 is 0 Å². The second-order valence-electron chi connectivity index (χ2n) is 9.92. The molecule has 36 heavy (non-hydrogen) atoms. The van der Waals surface area contributed by atoms with E-state index in [0.29, 0.717) is 29.4 Å². The molecule has 7 nitrogen and oxygen atoms in total. The summed E-state index contributed by atoms with van der Waals surface area (Å²) in [6.07, 6.45) is 4.34. The van der Waals surface area contributed by atoms with E-state index in [1.165, 1.54) is 0 Å². The van der Waals surface area contributed by atoms with Crippen molar-refractivity contribution in [2.75, 3.05) is 18.3 Å². The molecule has 1 unspecified atom stereocenters. The topological polar surface area (TPSA) is 77.1 Å². The van der Waals surface area contributed by atoms with Crippen LogP contribution >= 0.6 is 0 Å². The Morgan fingerprint density at radius 1 is 0.917 bits per heavy atom. The number of benzene rings is 3. The summed E-state index contributed by atoms with van der Waals surface area (Å²) in [5, 5.41) is 3.19. The Morgan fingerprint density at radius 3 is 2.53 bits per heavy atom. The number of hydrogen-bond acceptors (Lipinski definition) is 5. The van der Waals surface area contributed by atoms with Crippen LogP contribution < -0.4 is 24.4 Å². The molecule has 0 bridgehead atoms. The number of carbonyl (C=O) groups excluding carboxylic acids is 2. The van der Waals surface area contributed by atoms with Gasteiger partial charge in [-0.3, -0.25) is 9.59 Å². The number of ether oxygens (including phenoxy) is 3. The molecule has 3 heterocycles. The lowest BCUT2D eigenvalue weighted by Crippen LogP contribution is -2.42. The predicted octanol–water partition coefficient (Wildman–Crippen LogP) is 4.31. The highest BCUT2D eigenvalue weighted by atomic mass is 16.7. The van der Waals surface area contributed by atoms with E-state index in [1.807, 2.05) is 60.7 Å². The minimum absolute atomic E-state index is 0.0627. The lowest BCUT2D eigenvalue weighted by molar-refractivity contribution is -0.122. The van der Waals surface area contributed by atoms with Gasteiger partial charge in [0.25, 0.3) is 5.91 Å². The third-order valence-electron chi connectivity index (χ3n) is 7.92. The van der Waals surface area contributed by atoms with E-state index in [4.69, 9.17) is 14.2 Å². The zero-order chi connectivity index (χ0) is 24.3. The number of fused-ring (bicyclic) bond motifs is 5. The van der Waals surface area contributed by atoms with Gasteiger partial charge in [-0.05, 0) is 42.2 Å². The van der Waals surface area contributed by atoms with Crippen molar-refractivity contribution in [2.24, 2.45) is 0 Å². The molecule has 1 spiro atoms. The maximum atomic E-state index is 14.3. The van der Waals surface area contributed by atoms with Gasteiger partial charge in [-0.1, -0.05) is 49.2 Å². The first-order valence-corrected chi connectivity index (χ1v) is 12.5. The largest absolute Gasteiger partial charge is 0.491 e. The normalized spacial score (nSPS) is 21.6. The number of nitrogens with one attached hydrogen (secondary N) is 1. The second kappa shape index (κ2) is 8.01. The lowest BCUT2D eigenvalue weighted by atomic mass is 9.77. The van der Waals surface area contributed by atoms with E-state index < -0.39 is 5.41 Å².